The Morgan fingerprint density at radius 2 is 2.09 bits per heavy atom. The summed E-state index contributed by atoms with van der Waals surface area (Å²) in [4.78, 5) is 4.10. The van der Waals surface area contributed by atoms with Crippen LogP contribution in [0.1, 0.15) is 25.7 Å². The number of fused-ring (bicyclic) bond motifs is 2. The van der Waals surface area contributed by atoms with E-state index in [1.807, 2.05) is 0 Å². The van der Waals surface area contributed by atoms with Gasteiger partial charge in [0.25, 0.3) is 0 Å². The lowest BCUT2D eigenvalue weighted by Crippen LogP contribution is -2.30. The second-order valence-corrected chi connectivity index (χ2v) is 3.42. The molecule has 2 fully saturated rings. The third-order valence-electron chi connectivity index (χ3n) is 2.57. The van der Waals surface area contributed by atoms with Crippen LogP contribution < -0.4 is 0 Å². The van der Waals surface area contributed by atoms with E-state index >= 15 is 0 Å². The predicted molar refractivity (Wildman–Crippen MR) is 45.9 cm³/mol. The number of rotatable bonds is 1. The first-order valence-corrected chi connectivity index (χ1v) is 4.53. The van der Waals surface area contributed by atoms with Gasteiger partial charge in [0.2, 0.25) is 0 Å². The third-order valence-corrected chi connectivity index (χ3v) is 2.68. The summed E-state index contributed by atoms with van der Waals surface area (Å²) in [5.41, 5.74) is 0. The molecule has 3 unspecified atom stereocenters. The van der Waals surface area contributed by atoms with Crippen molar-refractivity contribution in [3.8, 4) is 0 Å². The van der Waals surface area contributed by atoms with Gasteiger partial charge in [-0.25, -0.2) is 4.99 Å². The second kappa shape index (κ2) is 3.02. The molecule has 0 saturated carbocycles. The van der Waals surface area contributed by atoms with Gasteiger partial charge in [0.1, 0.15) is 0 Å². The highest BCUT2D eigenvalue weighted by Gasteiger charge is 2.36. The summed E-state index contributed by atoms with van der Waals surface area (Å²) < 4.78 is 5.68. The summed E-state index contributed by atoms with van der Waals surface area (Å²) in [6.07, 6.45) is 5.55. The molecule has 3 heteroatoms. The van der Waals surface area contributed by atoms with Crippen molar-refractivity contribution in [3.05, 3.63) is 0 Å². The zero-order valence-corrected chi connectivity index (χ0v) is 7.14. The number of ether oxygens (including phenoxy) is 1. The van der Waals surface area contributed by atoms with Crippen molar-refractivity contribution in [2.24, 2.45) is 4.99 Å². The van der Waals surface area contributed by atoms with Crippen molar-refractivity contribution in [1.29, 1.82) is 0 Å². The Morgan fingerprint density at radius 1 is 1.27 bits per heavy atom. The Labute approximate surface area is 71.6 Å². The van der Waals surface area contributed by atoms with E-state index in [4.69, 9.17) is 4.74 Å². The zero-order chi connectivity index (χ0) is 7.68. The van der Waals surface area contributed by atoms with Crippen LogP contribution in [-0.2, 0) is 4.74 Å². The van der Waals surface area contributed by atoms with E-state index < -0.39 is 0 Å². The number of hydrogen-bond acceptors (Lipinski definition) is 3. The molecule has 0 N–H and O–H groups in total. The average molecular weight is 169 g/mol. The fourth-order valence-corrected chi connectivity index (χ4v) is 2.12. The minimum absolute atomic E-state index is 0.311. The first kappa shape index (κ1) is 7.41. The second-order valence-electron chi connectivity index (χ2n) is 3.24. The summed E-state index contributed by atoms with van der Waals surface area (Å²) in [5.74, 6) is 0. The minimum Gasteiger partial charge on any atom is -0.373 e. The lowest BCUT2D eigenvalue weighted by atomic mass is 10.1. The Morgan fingerprint density at radius 3 is 2.91 bits per heavy atom. The molecule has 60 valence electrons. The maximum atomic E-state index is 5.68. The first-order valence-electron chi connectivity index (χ1n) is 4.12. The molecule has 3 atom stereocenters. The van der Waals surface area contributed by atoms with Crippen LogP contribution >= 0.6 is 12.2 Å². The van der Waals surface area contributed by atoms with Crippen molar-refractivity contribution in [2.75, 3.05) is 0 Å². The molecule has 0 aromatic heterocycles. The van der Waals surface area contributed by atoms with Gasteiger partial charge >= 0.3 is 0 Å². The fourth-order valence-electron chi connectivity index (χ4n) is 1.99. The average Bonchev–Trinajstić information content (AvgIpc) is 2.40. The van der Waals surface area contributed by atoms with E-state index in [2.05, 4.69) is 22.4 Å². The zero-order valence-electron chi connectivity index (χ0n) is 6.32. The van der Waals surface area contributed by atoms with Crippen LogP contribution in [0.15, 0.2) is 4.99 Å². The Balaban J connectivity index is 2.06. The molecule has 0 amide bonds. The lowest BCUT2D eigenvalue weighted by molar-refractivity contribution is -0.00612. The molecule has 0 spiro atoms. The number of thiocarbonyl (C=S) groups is 1. The van der Waals surface area contributed by atoms with Crippen molar-refractivity contribution in [1.82, 2.24) is 0 Å². The van der Waals surface area contributed by atoms with Gasteiger partial charge < -0.3 is 4.74 Å². The summed E-state index contributed by atoms with van der Waals surface area (Å²) in [6.45, 7) is 0. The van der Waals surface area contributed by atoms with Crippen LogP contribution in [0.25, 0.3) is 0 Å². The molecule has 0 radical (unpaired) electrons. The first-order chi connectivity index (χ1) is 5.40. The molecule has 2 heterocycles. The summed E-state index contributed by atoms with van der Waals surface area (Å²) in [7, 11) is 0. The van der Waals surface area contributed by atoms with Crippen LogP contribution in [0, 0.1) is 0 Å². The molecule has 2 aliphatic rings. The highest BCUT2D eigenvalue weighted by atomic mass is 32.1. The minimum atomic E-state index is 0.311. The van der Waals surface area contributed by atoms with E-state index in [0.29, 0.717) is 18.2 Å². The van der Waals surface area contributed by atoms with E-state index in [9.17, 15) is 0 Å². The van der Waals surface area contributed by atoms with Gasteiger partial charge in [-0.15, -0.1) is 0 Å². The highest BCUT2D eigenvalue weighted by molar-refractivity contribution is 7.78. The number of nitrogens with zero attached hydrogens (tertiary/aromatic N) is 1. The van der Waals surface area contributed by atoms with E-state index in [1.165, 1.54) is 6.42 Å². The summed E-state index contributed by atoms with van der Waals surface area (Å²) in [5, 5.41) is 2.45. The maximum Gasteiger partial charge on any atom is 0.0865 e. The van der Waals surface area contributed by atoms with Crippen LogP contribution in [0.5, 0.6) is 0 Å². The molecule has 2 bridgehead atoms. The van der Waals surface area contributed by atoms with Gasteiger partial charge in [-0.05, 0) is 37.9 Å². The standard InChI is InChI=1S/C8H11NOS/c11-5-9-7-3-1-6-2-4-8(7)10-6/h6-8H,1-4H2. The normalized spacial score (nSPS) is 41.6. The van der Waals surface area contributed by atoms with Gasteiger partial charge in [0.05, 0.1) is 23.4 Å². The van der Waals surface area contributed by atoms with E-state index in [1.54, 1.807) is 0 Å². The Kier molecular flexibility index (Phi) is 2.03. The maximum absolute atomic E-state index is 5.68. The van der Waals surface area contributed by atoms with Gasteiger partial charge in [-0.2, -0.15) is 0 Å². The highest BCUT2D eigenvalue weighted by Crippen LogP contribution is 2.33. The lowest BCUT2D eigenvalue weighted by Gasteiger charge is -2.25. The van der Waals surface area contributed by atoms with Crippen LogP contribution in [0.4, 0.5) is 0 Å². The smallest absolute Gasteiger partial charge is 0.0865 e. The largest absolute Gasteiger partial charge is 0.373 e. The quantitative estimate of drug-likeness (QED) is 0.441. The van der Waals surface area contributed by atoms with Crippen molar-refractivity contribution >= 4 is 17.4 Å². The monoisotopic (exact) mass is 169 g/mol. The van der Waals surface area contributed by atoms with Crippen molar-refractivity contribution in [3.63, 3.8) is 0 Å². The molecular weight excluding hydrogens is 158 g/mol. The van der Waals surface area contributed by atoms with Crippen LogP contribution in [-0.4, -0.2) is 23.4 Å². The summed E-state index contributed by atoms with van der Waals surface area (Å²) in [6, 6.07) is 0.311. The topological polar surface area (TPSA) is 21.6 Å². The fraction of sp³-hybridized carbons (Fsp3) is 0.875. The van der Waals surface area contributed by atoms with Gasteiger partial charge in [-0.1, -0.05) is 0 Å². The molecule has 0 aromatic rings. The molecule has 0 aliphatic carbocycles. The molecule has 11 heavy (non-hydrogen) atoms. The third kappa shape index (κ3) is 1.36. The number of aliphatic imine (C=N–C) groups is 1. The van der Waals surface area contributed by atoms with E-state index in [0.717, 1.165) is 19.3 Å². The van der Waals surface area contributed by atoms with Gasteiger partial charge in [0.15, 0.2) is 0 Å². The van der Waals surface area contributed by atoms with Gasteiger partial charge in [0, 0.05) is 0 Å². The Hall–Kier alpha value is -0.240. The van der Waals surface area contributed by atoms with Crippen molar-refractivity contribution in [2.45, 2.75) is 43.9 Å². The van der Waals surface area contributed by atoms with E-state index in [-0.39, 0.29) is 0 Å². The Bertz CT molecular complexity index is 200. The molecule has 2 aliphatic heterocycles. The summed E-state index contributed by atoms with van der Waals surface area (Å²) >= 11 is 4.58. The van der Waals surface area contributed by atoms with Crippen LogP contribution in [0.2, 0.25) is 0 Å². The van der Waals surface area contributed by atoms with Crippen LogP contribution in [0.3, 0.4) is 0 Å². The molecule has 2 nitrogen and oxygen atoms in total. The molecule has 2 saturated heterocycles. The number of hydrogen-bond donors (Lipinski definition) is 0. The van der Waals surface area contributed by atoms with Crippen molar-refractivity contribution < 1.29 is 4.74 Å². The molecule has 0 aromatic carbocycles. The number of isothiocyanates is 1. The molecular formula is C8H11NOS. The molecule has 2 rings (SSSR count). The SMILES string of the molecule is S=C=NC1CCC2CCC1O2. The van der Waals surface area contributed by atoms with Gasteiger partial charge in [-0.3, -0.25) is 0 Å². The predicted octanol–water partition coefficient (Wildman–Crippen LogP) is 1.80.